The summed E-state index contributed by atoms with van der Waals surface area (Å²) in [6.07, 6.45) is 0. The fourth-order valence-electron chi connectivity index (χ4n) is 2.19. The van der Waals surface area contributed by atoms with Crippen LogP contribution in [-0.2, 0) is 11.3 Å². The molecule has 0 heterocycles. The first-order valence-electron chi connectivity index (χ1n) is 7.08. The normalized spacial score (nSPS) is 10.2. The molecule has 0 aromatic heterocycles. The van der Waals surface area contributed by atoms with Gasteiger partial charge in [-0.05, 0) is 42.0 Å². The summed E-state index contributed by atoms with van der Waals surface area (Å²) < 4.78 is 0. The Morgan fingerprint density at radius 2 is 1.62 bits per heavy atom. The maximum Gasteiger partial charge on any atom is 0.335 e. The van der Waals surface area contributed by atoms with E-state index in [2.05, 4.69) is 0 Å². The molecule has 24 heavy (non-hydrogen) atoms. The first-order valence-corrected chi connectivity index (χ1v) is 7.08. The average Bonchev–Trinajstić information content (AvgIpc) is 2.59. The highest BCUT2D eigenvalue weighted by atomic mass is 16.4. The molecule has 1 amide bonds. The summed E-state index contributed by atoms with van der Waals surface area (Å²) in [5.74, 6) is -2.79. The van der Waals surface area contributed by atoms with E-state index in [1.807, 2.05) is 0 Å². The van der Waals surface area contributed by atoms with Gasteiger partial charge in [-0.1, -0.05) is 12.1 Å². The highest BCUT2D eigenvalue weighted by molar-refractivity contribution is 6.08. The minimum Gasteiger partial charge on any atom is -0.480 e. The number of hydrogen-bond donors (Lipinski definition) is 3. The minimum absolute atomic E-state index is 0.0478. The molecule has 0 radical (unpaired) electrons. The van der Waals surface area contributed by atoms with Crippen molar-refractivity contribution < 1.29 is 24.6 Å². The van der Waals surface area contributed by atoms with E-state index in [4.69, 9.17) is 15.9 Å². The highest BCUT2D eigenvalue weighted by Gasteiger charge is 2.21. The number of aromatic carboxylic acids is 1. The second kappa shape index (κ2) is 7.38. The molecule has 0 bridgehead atoms. The summed E-state index contributed by atoms with van der Waals surface area (Å²) in [4.78, 5) is 35.8. The number of nitrogens with zero attached hydrogens (tertiary/aromatic N) is 1. The van der Waals surface area contributed by atoms with Crippen LogP contribution in [0.25, 0.3) is 0 Å². The molecule has 7 nitrogen and oxygen atoms in total. The monoisotopic (exact) mass is 328 g/mol. The van der Waals surface area contributed by atoms with Gasteiger partial charge in [0.2, 0.25) is 0 Å². The third kappa shape index (κ3) is 3.96. The van der Waals surface area contributed by atoms with Crippen LogP contribution in [0.4, 0.5) is 5.69 Å². The van der Waals surface area contributed by atoms with E-state index < -0.39 is 24.4 Å². The van der Waals surface area contributed by atoms with Crippen LogP contribution in [0.3, 0.4) is 0 Å². The molecule has 124 valence electrons. The Morgan fingerprint density at radius 3 is 2.17 bits per heavy atom. The summed E-state index contributed by atoms with van der Waals surface area (Å²) in [5.41, 5.74) is 6.96. The zero-order valence-electron chi connectivity index (χ0n) is 12.7. The number of nitrogens with two attached hydrogens (primary N) is 1. The molecule has 0 aliphatic rings. The van der Waals surface area contributed by atoms with Gasteiger partial charge in [0.15, 0.2) is 0 Å². The Hall–Kier alpha value is -3.19. The Bertz CT molecular complexity index is 771. The van der Waals surface area contributed by atoms with E-state index in [-0.39, 0.29) is 12.1 Å². The lowest BCUT2D eigenvalue weighted by atomic mass is 10.1. The lowest BCUT2D eigenvalue weighted by Crippen LogP contribution is -2.35. The maximum absolute atomic E-state index is 12.7. The fourth-order valence-corrected chi connectivity index (χ4v) is 2.19. The third-order valence-corrected chi connectivity index (χ3v) is 3.37. The number of hydrogen-bond acceptors (Lipinski definition) is 4. The van der Waals surface area contributed by atoms with Crippen molar-refractivity contribution in [3.8, 4) is 0 Å². The number of carbonyl (C=O) groups excluding carboxylic acids is 1. The third-order valence-electron chi connectivity index (χ3n) is 3.37. The van der Waals surface area contributed by atoms with Crippen LogP contribution in [0.1, 0.15) is 26.3 Å². The molecule has 0 atom stereocenters. The van der Waals surface area contributed by atoms with Gasteiger partial charge in [0.1, 0.15) is 6.54 Å². The molecule has 2 aromatic rings. The number of rotatable bonds is 6. The van der Waals surface area contributed by atoms with Crippen molar-refractivity contribution >= 4 is 23.5 Å². The van der Waals surface area contributed by atoms with Crippen LogP contribution < -0.4 is 10.6 Å². The van der Waals surface area contributed by atoms with Gasteiger partial charge in [-0.15, -0.1) is 0 Å². The Morgan fingerprint density at radius 1 is 0.958 bits per heavy atom. The molecule has 2 rings (SSSR count). The van der Waals surface area contributed by atoms with Crippen molar-refractivity contribution in [2.45, 2.75) is 6.54 Å². The lowest BCUT2D eigenvalue weighted by Gasteiger charge is -2.21. The number of benzene rings is 2. The molecule has 2 aromatic carbocycles. The maximum atomic E-state index is 12.7. The van der Waals surface area contributed by atoms with Gasteiger partial charge < -0.3 is 15.9 Å². The van der Waals surface area contributed by atoms with Gasteiger partial charge in [0.25, 0.3) is 5.91 Å². The fraction of sp³-hybridized carbons (Fsp3) is 0.118. The number of anilines is 1. The zero-order valence-corrected chi connectivity index (χ0v) is 12.7. The smallest absolute Gasteiger partial charge is 0.335 e. The van der Waals surface area contributed by atoms with Crippen LogP contribution in [-0.4, -0.2) is 34.6 Å². The van der Waals surface area contributed by atoms with E-state index in [9.17, 15) is 14.4 Å². The number of aliphatic carboxylic acids is 1. The van der Waals surface area contributed by atoms with E-state index in [1.54, 1.807) is 24.3 Å². The molecule has 0 aliphatic carbocycles. The van der Waals surface area contributed by atoms with Crippen molar-refractivity contribution in [2.24, 2.45) is 5.73 Å². The molecular formula is C17H16N2O5. The van der Waals surface area contributed by atoms with Crippen molar-refractivity contribution in [2.75, 3.05) is 11.4 Å². The number of carbonyl (C=O) groups is 3. The van der Waals surface area contributed by atoms with Crippen LogP contribution in [0.15, 0.2) is 48.5 Å². The van der Waals surface area contributed by atoms with Crippen molar-refractivity contribution in [1.82, 2.24) is 0 Å². The quantitative estimate of drug-likeness (QED) is 0.740. The van der Waals surface area contributed by atoms with Crippen molar-refractivity contribution in [3.63, 3.8) is 0 Å². The summed E-state index contributed by atoms with van der Waals surface area (Å²) in [7, 11) is 0. The van der Waals surface area contributed by atoms with E-state index in [0.717, 1.165) is 10.5 Å². The van der Waals surface area contributed by atoms with E-state index >= 15 is 0 Å². The average molecular weight is 328 g/mol. The van der Waals surface area contributed by atoms with Gasteiger partial charge in [-0.25, -0.2) is 4.79 Å². The molecule has 7 heteroatoms. The number of amides is 1. The van der Waals surface area contributed by atoms with Crippen LogP contribution >= 0.6 is 0 Å². The molecule has 4 N–H and O–H groups in total. The highest BCUT2D eigenvalue weighted by Crippen LogP contribution is 2.19. The summed E-state index contributed by atoms with van der Waals surface area (Å²) >= 11 is 0. The minimum atomic E-state index is -1.18. The summed E-state index contributed by atoms with van der Waals surface area (Å²) in [5, 5.41) is 18.0. The topological polar surface area (TPSA) is 121 Å². The van der Waals surface area contributed by atoms with E-state index in [0.29, 0.717) is 11.3 Å². The van der Waals surface area contributed by atoms with Crippen molar-refractivity contribution in [3.05, 3.63) is 65.2 Å². The first-order chi connectivity index (χ1) is 11.4. The summed E-state index contributed by atoms with van der Waals surface area (Å²) in [6.45, 7) is -0.286. The zero-order chi connectivity index (χ0) is 17.7. The Kier molecular flexibility index (Phi) is 5.28. The number of carboxylic acids is 2. The molecule has 0 saturated carbocycles. The molecule has 0 aliphatic heterocycles. The van der Waals surface area contributed by atoms with Gasteiger partial charge in [0, 0.05) is 17.8 Å². The molecule has 0 unspecified atom stereocenters. The predicted molar refractivity (Wildman–Crippen MR) is 87.0 cm³/mol. The van der Waals surface area contributed by atoms with Crippen molar-refractivity contribution in [1.29, 1.82) is 0 Å². The largest absolute Gasteiger partial charge is 0.480 e. The van der Waals surface area contributed by atoms with Gasteiger partial charge in [-0.2, -0.15) is 0 Å². The van der Waals surface area contributed by atoms with Gasteiger partial charge in [0.05, 0.1) is 5.56 Å². The van der Waals surface area contributed by atoms with Crippen LogP contribution in [0.2, 0.25) is 0 Å². The van der Waals surface area contributed by atoms with Crippen LogP contribution in [0, 0.1) is 0 Å². The van der Waals surface area contributed by atoms with Gasteiger partial charge in [-0.3, -0.25) is 14.5 Å². The van der Waals surface area contributed by atoms with Gasteiger partial charge >= 0.3 is 11.9 Å². The predicted octanol–water partition coefficient (Wildman–Crippen LogP) is 1.57. The van der Waals surface area contributed by atoms with Crippen LogP contribution in [0.5, 0.6) is 0 Å². The molecule has 0 saturated heterocycles. The Balaban J connectivity index is 2.38. The molecular weight excluding hydrogens is 312 g/mol. The lowest BCUT2D eigenvalue weighted by molar-refractivity contribution is -0.135. The summed E-state index contributed by atoms with van der Waals surface area (Å²) in [6, 6.07) is 12.0. The number of carboxylic acid groups (broad SMARTS) is 2. The molecule has 0 fully saturated rings. The second-order valence-corrected chi connectivity index (χ2v) is 5.04. The standard InChI is InChI=1S/C17H16N2O5/c18-9-11-2-1-3-13(8-11)16(22)19(10-15(20)21)14-6-4-12(5-7-14)17(23)24/h1-8H,9-10,18H2,(H,20,21)(H,23,24). The van der Waals surface area contributed by atoms with E-state index in [1.165, 1.54) is 24.3 Å². The Labute approximate surface area is 137 Å². The molecule has 0 spiro atoms. The second-order valence-electron chi connectivity index (χ2n) is 5.04. The first kappa shape index (κ1) is 17.2. The SMILES string of the molecule is NCc1cccc(C(=O)N(CC(=O)O)c2ccc(C(=O)O)cc2)c1.